The van der Waals surface area contributed by atoms with Gasteiger partial charge in [0.25, 0.3) is 0 Å². The number of imidazole rings is 1. The predicted molar refractivity (Wildman–Crippen MR) is 109 cm³/mol. The van der Waals surface area contributed by atoms with E-state index in [9.17, 15) is 9.18 Å². The molecule has 6 heteroatoms. The predicted octanol–water partition coefficient (Wildman–Crippen LogP) is 4.15. The van der Waals surface area contributed by atoms with Crippen molar-refractivity contribution in [3.05, 3.63) is 34.0 Å². The van der Waals surface area contributed by atoms with Crippen LogP contribution in [-0.4, -0.2) is 46.3 Å². The van der Waals surface area contributed by atoms with Crippen LogP contribution in [0, 0.1) is 12.7 Å². The number of ether oxygens (including phenoxy) is 1. The summed E-state index contributed by atoms with van der Waals surface area (Å²) in [5.41, 5.74) is 1.69. The zero-order chi connectivity index (χ0) is 19.7. The summed E-state index contributed by atoms with van der Waals surface area (Å²) >= 11 is 0. The van der Waals surface area contributed by atoms with Gasteiger partial charge in [-0.25, -0.2) is 9.18 Å². The molecule has 2 atom stereocenters. The van der Waals surface area contributed by atoms with Gasteiger partial charge in [0.2, 0.25) is 0 Å². The molecule has 1 N–H and O–H groups in total. The Morgan fingerprint density at radius 1 is 1.18 bits per heavy atom. The molecular weight excluding hydrogens is 357 g/mol. The van der Waals surface area contributed by atoms with E-state index in [4.69, 9.17) is 4.74 Å². The minimum atomic E-state index is -0.344. The largest absolute Gasteiger partial charge is 0.378 e. The van der Waals surface area contributed by atoms with Crippen molar-refractivity contribution < 1.29 is 9.13 Å². The number of rotatable bonds is 5. The SMILES string of the molecule is CCCO[C@@H]1CCC[C@H](N2CCC(n3c(=O)[nH]c4c(F)cc(C)cc43)CC2)C1. The van der Waals surface area contributed by atoms with Crippen molar-refractivity contribution in [2.45, 2.75) is 77.0 Å². The van der Waals surface area contributed by atoms with E-state index in [1.165, 1.54) is 25.3 Å². The molecule has 1 aliphatic heterocycles. The van der Waals surface area contributed by atoms with Crippen LogP contribution in [0.25, 0.3) is 11.0 Å². The number of halogens is 1. The van der Waals surface area contributed by atoms with E-state index >= 15 is 0 Å². The minimum Gasteiger partial charge on any atom is -0.378 e. The van der Waals surface area contributed by atoms with E-state index in [1.807, 2.05) is 13.0 Å². The second kappa shape index (κ2) is 8.37. The lowest BCUT2D eigenvalue weighted by atomic mass is 9.90. The van der Waals surface area contributed by atoms with Crippen molar-refractivity contribution in [1.29, 1.82) is 0 Å². The maximum absolute atomic E-state index is 14.2. The van der Waals surface area contributed by atoms with Gasteiger partial charge in [-0.05, 0) is 69.6 Å². The van der Waals surface area contributed by atoms with Crippen LogP contribution < -0.4 is 5.69 Å². The van der Waals surface area contributed by atoms with Gasteiger partial charge >= 0.3 is 5.69 Å². The van der Waals surface area contributed by atoms with Gasteiger partial charge in [0, 0.05) is 31.8 Å². The van der Waals surface area contributed by atoms with Crippen molar-refractivity contribution in [1.82, 2.24) is 14.5 Å². The number of nitrogens with one attached hydrogen (secondary N) is 1. The fraction of sp³-hybridized carbons (Fsp3) is 0.682. The summed E-state index contributed by atoms with van der Waals surface area (Å²) in [6.07, 6.45) is 8.13. The van der Waals surface area contributed by atoms with Crippen LogP contribution >= 0.6 is 0 Å². The molecule has 4 rings (SSSR count). The Bertz CT molecular complexity index is 867. The Morgan fingerprint density at radius 2 is 1.96 bits per heavy atom. The highest BCUT2D eigenvalue weighted by molar-refractivity contribution is 5.77. The highest BCUT2D eigenvalue weighted by Gasteiger charge is 2.31. The number of hydrogen-bond donors (Lipinski definition) is 1. The summed E-state index contributed by atoms with van der Waals surface area (Å²) < 4.78 is 22.0. The molecule has 1 aromatic carbocycles. The molecule has 0 bridgehead atoms. The second-order valence-corrected chi connectivity index (χ2v) is 8.52. The second-order valence-electron chi connectivity index (χ2n) is 8.52. The molecule has 0 unspecified atom stereocenters. The highest BCUT2D eigenvalue weighted by atomic mass is 19.1. The first-order valence-electron chi connectivity index (χ1n) is 10.8. The Labute approximate surface area is 165 Å². The fourth-order valence-electron chi connectivity index (χ4n) is 5.07. The molecule has 5 nitrogen and oxygen atoms in total. The lowest BCUT2D eigenvalue weighted by Gasteiger charge is -2.41. The summed E-state index contributed by atoms with van der Waals surface area (Å²) in [7, 11) is 0. The number of fused-ring (bicyclic) bond motifs is 1. The van der Waals surface area contributed by atoms with Gasteiger partial charge in [0.1, 0.15) is 11.3 Å². The number of H-pyrrole nitrogens is 1. The minimum absolute atomic E-state index is 0.134. The van der Waals surface area contributed by atoms with Crippen molar-refractivity contribution >= 4 is 11.0 Å². The Kier molecular flexibility index (Phi) is 5.88. The molecule has 2 aromatic rings. The third-order valence-electron chi connectivity index (χ3n) is 6.46. The van der Waals surface area contributed by atoms with Gasteiger partial charge < -0.3 is 14.6 Å². The number of aryl methyl sites for hydroxylation is 1. The molecule has 0 amide bonds. The highest BCUT2D eigenvalue weighted by Crippen LogP contribution is 2.31. The monoisotopic (exact) mass is 389 g/mol. The van der Waals surface area contributed by atoms with Crippen LogP contribution in [0.5, 0.6) is 0 Å². The summed E-state index contributed by atoms with van der Waals surface area (Å²) in [4.78, 5) is 17.8. The third-order valence-corrected chi connectivity index (χ3v) is 6.46. The van der Waals surface area contributed by atoms with E-state index in [0.29, 0.717) is 23.2 Å². The maximum Gasteiger partial charge on any atom is 0.326 e. The van der Waals surface area contributed by atoms with Gasteiger partial charge in [0.05, 0.1) is 11.6 Å². The normalized spacial score (nSPS) is 24.8. The molecule has 2 fully saturated rings. The third kappa shape index (κ3) is 3.90. The van der Waals surface area contributed by atoms with Crippen LogP contribution in [0.15, 0.2) is 16.9 Å². The topological polar surface area (TPSA) is 50.3 Å². The lowest BCUT2D eigenvalue weighted by molar-refractivity contribution is -0.00714. The fourth-order valence-corrected chi connectivity index (χ4v) is 5.07. The van der Waals surface area contributed by atoms with E-state index in [0.717, 1.165) is 50.9 Å². The summed E-state index contributed by atoms with van der Waals surface area (Å²) in [6.45, 7) is 6.86. The first kappa shape index (κ1) is 19.6. The Balaban J connectivity index is 1.44. The number of aromatic amines is 1. The average Bonchev–Trinajstić information content (AvgIpc) is 3.03. The molecule has 2 aliphatic rings. The molecule has 1 aromatic heterocycles. The van der Waals surface area contributed by atoms with Crippen molar-refractivity contribution in [3.63, 3.8) is 0 Å². The molecule has 154 valence electrons. The van der Waals surface area contributed by atoms with Gasteiger partial charge in [-0.3, -0.25) is 4.57 Å². The van der Waals surface area contributed by atoms with Crippen LogP contribution in [0.4, 0.5) is 4.39 Å². The molecular formula is C22H32FN3O2. The zero-order valence-corrected chi connectivity index (χ0v) is 17.0. The van der Waals surface area contributed by atoms with Crippen LogP contribution in [-0.2, 0) is 4.74 Å². The first-order valence-corrected chi connectivity index (χ1v) is 10.8. The first-order chi connectivity index (χ1) is 13.6. The molecule has 0 spiro atoms. The lowest BCUT2D eigenvalue weighted by Crippen LogP contribution is -2.46. The molecule has 0 radical (unpaired) electrons. The summed E-state index contributed by atoms with van der Waals surface area (Å²) in [6, 6.07) is 4.12. The molecule has 1 aliphatic carbocycles. The van der Waals surface area contributed by atoms with Crippen LogP contribution in [0.1, 0.15) is 63.5 Å². The number of nitrogens with zero attached hydrogens (tertiary/aromatic N) is 2. The molecule has 2 heterocycles. The zero-order valence-electron chi connectivity index (χ0n) is 17.0. The van der Waals surface area contributed by atoms with Crippen LogP contribution in [0.3, 0.4) is 0 Å². The number of aromatic nitrogens is 2. The van der Waals surface area contributed by atoms with Crippen molar-refractivity contribution in [3.8, 4) is 0 Å². The van der Waals surface area contributed by atoms with Crippen LogP contribution in [0.2, 0.25) is 0 Å². The van der Waals surface area contributed by atoms with Gasteiger partial charge in [-0.15, -0.1) is 0 Å². The van der Waals surface area contributed by atoms with E-state index in [2.05, 4.69) is 16.8 Å². The van der Waals surface area contributed by atoms with E-state index in [1.54, 1.807) is 4.57 Å². The van der Waals surface area contributed by atoms with Gasteiger partial charge in [-0.1, -0.05) is 6.92 Å². The maximum atomic E-state index is 14.2. The summed E-state index contributed by atoms with van der Waals surface area (Å²) in [5.74, 6) is -0.344. The molecule has 1 saturated heterocycles. The number of hydrogen-bond acceptors (Lipinski definition) is 3. The summed E-state index contributed by atoms with van der Waals surface area (Å²) in [5, 5.41) is 0. The standard InChI is InChI=1S/C22H32FN3O2/c1-3-11-28-18-6-4-5-17(14-18)25-9-7-16(8-10-25)26-20-13-15(2)12-19(23)21(20)24-22(26)27/h12-13,16-18H,3-11,14H2,1-2H3,(H,24,27)/t17-,18+/m0/s1. The van der Waals surface area contributed by atoms with Gasteiger partial charge in [-0.2, -0.15) is 0 Å². The smallest absolute Gasteiger partial charge is 0.326 e. The van der Waals surface area contributed by atoms with E-state index < -0.39 is 0 Å². The Morgan fingerprint density at radius 3 is 2.71 bits per heavy atom. The van der Waals surface area contributed by atoms with E-state index in [-0.39, 0.29) is 17.5 Å². The Hall–Kier alpha value is -1.66. The van der Waals surface area contributed by atoms with Crippen molar-refractivity contribution in [2.75, 3.05) is 19.7 Å². The number of likely N-dealkylation sites (tertiary alicyclic amines) is 1. The number of benzene rings is 1. The number of piperidine rings is 1. The molecule has 28 heavy (non-hydrogen) atoms. The molecule has 1 saturated carbocycles. The average molecular weight is 390 g/mol. The quantitative estimate of drug-likeness (QED) is 0.836. The van der Waals surface area contributed by atoms with Crippen molar-refractivity contribution in [2.24, 2.45) is 0 Å². The van der Waals surface area contributed by atoms with Gasteiger partial charge in [0.15, 0.2) is 0 Å².